The van der Waals surface area contributed by atoms with Crippen LogP contribution in [0.1, 0.15) is 5.56 Å². The van der Waals surface area contributed by atoms with E-state index in [4.69, 9.17) is 4.74 Å². The lowest BCUT2D eigenvalue weighted by Gasteiger charge is -2.23. The molecule has 0 fully saturated rings. The number of fused-ring (bicyclic) bond motifs is 1. The Morgan fingerprint density at radius 3 is 2.79 bits per heavy atom. The minimum absolute atomic E-state index is 0. The molecule has 0 saturated carbocycles. The van der Waals surface area contributed by atoms with Crippen molar-refractivity contribution in [3.63, 3.8) is 0 Å². The van der Waals surface area contributed by atoms with Gasteiger partial charge in [-0.2, -0.15) is 5.10 Å². The molecule has 9 nitrogen and oxygen atoms in total. The Bertz CT molecular complexity index is 958. The van der Waals surface area contributed by atoms with Crippen LogP contribution in [0, 0.1) is 0 Å². The number of methoxy groups -OCH3 is 1. The summed E-state index contributed by atoms with van der Waals surface area (Å²) in [5.74, 6) is 2.45. The number of hydrogen-bond acceptors (Lipinski definition) is 6. The van der Waals surface area contributed by atoms with Crippen LogP contribution in [0.3, 0.4) is 0 Å². The zero-order valence-corrected chi connectivity index (χ0v) is 19.4. The predicted molar refractivity (Wildman–Crippen MR) is 126 cm³/mol. The van der Waals surface area contributed by atoms with E-state index in [9.17, 15) is 0 Å². The molecule has 1 aromatic carbocycles. The fourth-order valence-corrected chi connectivity index (χ4v) is 3.01. The SMILES string of the molecule is CN=C(NCCNc1ncnc2c1cnn2C)N(C)Cc1ccccc1OC.I. The summed E-state index contributed by atoms with van der Waals surface area (Å²) in [6.07, 6.45) is 3.31. The van der Waals surface area contributed by atoms with Crippen LogP contribution in [0.4, 0.5) is 5.82 Å². The molecule has 3 rings (SSSR count). The first-order chi connectivity index (χ1) is 13.6. The van der Waals surface area contributed by atoms with Crippen molar-refractivity contribution >= 4 is 46.8 Å². The molecule has 0 unspecified atom stereocenters. The standard InChI is InChI=1S/C19H26N8O.HI/c1-20-19(26(2)12-14-7-5-6-8-16(14)28-4)22-10-9-21-17-15-11-25-27(3)18(15)24-13-23-17;/h5-8,11,13H,9-10,12H2,1-4H3,(H,20,22)(H,21,23,24);1H. The van der Waals surface area contributed by atoms with Gasteiger partial charge < -0.3 is 20.3 Å². The molecule has 0 aliphatic rings. The van der Waals surface area contributed by atoms with Crippen LogP contribution in [0.5, 0.6) is 5.75 Å². The first-order valence-corrected chi connectivity index (χ1v) is 9.04. The lowest BCUT2D eigenvalue weighted by molar-refractivity contribution is 0.396. The van der Waals surface area contributed by atoms with Gasteiger partial charge in [0.25, 0.3) is 0 Å². The number of ether oxygens (including phenoxy) is 1. The summed E-state index contributed by atoms with van der Waals surface area (Å²) in [5.41, 5.74) is 1.91. The van der Waals surface area contributed by atoms with Gasteiger partial charge in [0.2, 0.25) is 0 Å². The van der Waals surface area contributed by atoms with Crippen molar-refractivity contribution in [3.8, 4) is 5.75 Å². The largest absolute Gasteiger partial charge is 0.496 e. The maximum absolute atomic E-state index is 5.43. The number of rotatable bonds is 7. The summed E-state index contributed by atoms with van der Waals surface area (Å²) in [4.78, 5) is 15.0. The summed E-state index contributed by atoms with van der Waals surface area (Å²) in [6, 6.07) is 7.99. The van der Waals surface area contributed by atoms with Crippen molar-refractivity contribution in [1.82, 2.24) is 30.0 Å². The Kier molecular flexibility index (Phi) is 8.43. The summed E-state index contributed by atoms with van der Waals surface area (Å²) in [5, 5.41) is 11.8. The first-order valence-electron chi connectivity index (χ1n) is 9.04. The van der Waals surface area contributed by atoms with E-state index in [0.717, 1.165) is 34.1 Å². The van der Waals surface area contributed by atoms with E-state index < -0.39 is 0 Å². The molecule has 0 amide bonds. The van der Waals surface area contributed by atoms with Crippen molar-refractivity contribution in [2.24, 2.45) is 12.0 Å². The van der Waals surface area contributed by atoms with Gasteiger partial charge in [0, 0.05) is 46.3 Å². The highest BCUT2D eigenvalue weighted by Crippen LogP contribution is 2.19. The lowest BCUT2D eigenvalue weighted by atomic mass is 10.2. The van der Waals surface area contributed by atoms with E-state index >= 15 is 0 Å². The monoisotopic (exact) mass is 510 g/mol. The van der Waals surface area contributed by atoms with Gasteiger partial charge >= 0.3 is 0 Å². The molecule has 0 atom stereocenters. The second-order valence-electron chi connectivity index (χ2n) is 6.30. The third-order valence-electron chi connectivity index (χ3n) is 4.40. The molecule has 2 heterocycles. The van der Waals surface area contributed by atoms with E-state index in [-0.39, 0.29) is 24.0 Å². The van der Waals surface area contributed by atoms with E-state index in [0.29, 0.717) is 19.6 Å². The number of nitrogens with zero attached hydrogens (tertiary/aromatic N) is 6. The summed E-state index contributed by atoms with van der Waals surface area (Å²) >= 11 is 0. The number of aromatic nitrogens is 4. The Morgan fingerprint density at radius 2 is 2.03 bits per heavy atom. The fraction of sp³-hybridized carbons (Fsp3) is 0.368. The van der Waals surface area contributed by atoms with E-state index in [1.807, 2.05) is 32.3 Å². The zero-order chi connectivity index (χ0) is 19.9. The van der Waals surface area contributed by atoms with Crippen LogP contribution in [0.15, 0.2) is 41.8 Å². The number of benzene rings is 1. The van der Waals surface area contributed by atoms with Crippen LogP contribution in [-0.2, 0) is 13.6 Å². The van der Waals surface area contributed by atoms with Crippen molar-refractivity contribution < 1.29 is 4.74 Å². The van der Waals surface area contributed by atoms with Crippen molar-refractivity contribution in [3.05, 3.63) is 42.4 Å². The Hall–Kier alpha value is -2.63. The molecular formula is C19H27IN8O. The molecule has 0 saturated heterocycles. The van der Waals surface area contributed by atoms with E-state index in [2.05, 4.69) is 41.7 Å². The first kappa shape index (κ1) is 22.7. The van der Waals surface area contributed by atoms with Gasteiger partial charge in [0.05, 0.1) is 18.7 Å². The highest BCUT2D eigenvalue weighted by molar-refractivity contribution is 14.0. The number of anilines is 1. The molecule has 2 aromatic heterocycles. The van der Waals surface area contributed by atoms with Crippen molar-refractivity contribution in [2.75, 3.05) is 39.6 Å². The van der Waals surface area contributed by atoms with Gasteiger partial charge in [-0.15, -0.1) is 24.0 Å². The van der Waals surface area contributed by atoms with Gasteiger partial charge in [0.15, 0.2) is 11.6 Å². The highest BCUT2D eigenvalue weighted by atomic mass is 127. The van der Waals surface area contributed by atoms with Gasteiger partial charge in [0.1, 0.15) is 17.9 Å². The molecule has 0 aliphatic carbocycles. The maximum Gasteiger partial charge on any atom is 0.193 e. The number of para-hydroxylation sites is 1. The minimum Gasteiger partial charge on any atom is -0.496 e. The number of guanidine groups is 1. The molecule has 3 aromatic rings. The third-order valence-corrected chi connectivity index (χ3v) is 4.40. The minimum atomic E-state index is 0. The molecule has 2 N–H and O–H groups in total. The predicted octanol–water partition coefficient (Wildman–Crippen LogP) is 2.11. The molecule has 10 heteroatoms. The number of hydrogen-bond donors (Lipinski definition) is 2. The number of halogens is 1. The summed E-state index contributed by atoms with van der Waals surface area (Å²) in [6.45, 7) is 2.07. The van der Waals surface area contributed by atoms with E-state index in [1.54, 1.807) is 31.4 Å². The molecule has 0 spiro atoms. The van der Waals surface area contributed by atoms with Gasteiger partial charge in [-0.05, 0) is 6.07 Å². The number of aliphatic imine (C=N–C) groups is 1. The van der Waals surface area contributed by atoms with Gasteiger partial charge in [-0.1, -0.05) is 18.2 Å². The van der Waals surface area contributed by atoms with Crippen LogP contribution < -0.4 is 15.4 Å². The molecule has 0 bridgehead atoms. The van der Waals surface area contributed by atoms with Gasteiger partial charge in [-0.25, -0.2) is 9.97 Å². The average Bonchev–Trinajstić information content (AvgIpc) is 3.10. The molecule has 0 aliphatic heterocycles. The highest BCUT2D eigenvalue weighted by Gasteiger charge is 2.10. The fourth-order valence-electron chi connectivity index (χ4n) is 3.01. The lowest BCUT2D eigenvalue weighted by Crippen LogP contribution is -2.40. The Labute approximate surface area is 187 Å². The number of nitrogens with one attached hydrogen (secondary N) is 2. The smallest absolute Gasteiger partial charge is 0.193 e. The Morgan fingerprint density at radius 1 is 1.24 bits per heavy atom. The Balaban J connectivity index is 0.00000300. The molecule has 0 radical (unpaired) electrons. The van der Waals surface area contributed by atoms with Crippen LogP contribution in [0.2, 0.25) is 0 Å². The van der Waals surface area contributed by atoms with Crippen molar-refractivity contribution in [2.45, 2.75) is 6.54 Å². The third kappa shape index (κ3) is 5.46. The maximum atomic E-state index is 5.43. The molecule has 156 valence electrons. The van der Waals surface area contributed by atoms with Crippen LogP contribution in [0.25, 0.3) is 11.0 Å². The molecule has 29 heavy (non-hydrogen) atoms. The summed E-state index contributed by atoms with van der Waals surface area (Å²) in [7, 11) is 7.32. The van der Waals surface area contributed by atoms with E-state index in [1.165, 1.54) is 0 Å². The average molecular weight is 510 g/mol. The summed E-state index contributed by atoms with van der Waals surface area (Å²) < 4.78 is 7.16. The zero-order valence-electron chi connectivity index (χ0n) is 17.1. The van der Waals surface area contributed by atoms with Crippen LogP contribution in [-0.4, -0.2) is 64.9 Å². The number of aryl methyl sites for hydroxylation is 1. The quantitative estimate of drug-likeness (QED) is 0.218. The normalized spacial score (nSPS) is 11.1. The van der Waals surface area contributed by atoms with Crippen molar-refractivity contribution in [1.29, 1.82) is 0 Å². The van der Waals surface area contributed by atoms with Crippen LogP contribution >= 0.6 is 24.0 Å². The van der Waals surface area contributed by atoms with Gasteiger partial charge in [-0.3, -0.25) is 9.67 Å². The molecular weight excluding hydrogens is 483 g/mol. The topological polar surface area (TPSA) is 92.5 Å². The second kappa shape index (κ2) is 10.8. The second-order valence-corrected chi connectivity index (χ2v) is 6.30.